The molecule has 0 aromatic carbocycles. The van der Waals surface area contributed by atoms with Gasteiger partial charge in [-0.2, -0.15) is 5.10 Å². The largest absolute Gasteiger partial charge is 0.343 e. The molecule has 1 amide bonds. The van der Waals surface area contributed by atoms with Crippen LogP contribution in [0.4, 0.5) is 0 Å². The molecule has 0 saturated carbocycles. The van der Waals surface area contributed by atoms with Gasteiger partial charge in [-0.1, -0.05) is 0 Å². The van der Waals surface area contributed by atoms with Crippen molar-refractivity contribution in [2.75, 3.05) is 19.6 Å². The molecule has 5 nitrogen and oxygen atoms in total. The number of nitrogens with one attached hydrogen (secondary N) is 1. The van der Waals surface area contributed by atoms with Crippen LogP contribution < -0.4 is 5.32 Å². The van der Waals surface area contributed by atoms with Crippen molar-refractivity contribution in [1.82, 2.24) is 20.0 Å². The van der Waals surface area contributed by atoms with Crippen molar-refractivity contribution in [1.29, 1.82) is 0 Å². The monoisotopic (exact) mass is 292 g/mol. The summed E-state index contributed by atoms with van der Waals surface area (Å²) < 4.78 is 2.03. The van der Waals surface area contributed by atoms with Gasteiger partial charge in [-0.3, -0.25) is 9.48 Å². The Bertz CT molecular complexity index is 463. The van der Waals surface area contributed by atoms with Gasteiger partial charge in [-0.25, -0.2) is 0 Å². The van der Waals surface area contributed by atoms with E-state index in [2.05, 4.69) is 37.4 Å². The number of hydrogen-bond acceptors (Lipinski definition) is 3. The summed E-state index contributed by atoms with van der Waals surface area (Å²) in [6, 6.07) is 0.728. The van der Waals surface area contributed by atoms with E-state index in [1.54, 1.807) is 6.92 Å². The molecular weight excluding hydrogens is 264 g/mol. The number of piperidine rings is 1. The van der Waals surface area contributed by atoms with E-state index in [9.17, 15) is 4.79 Å². The Morgan fingerprint density at radius 1 is 1.43 bits per heavy atom. The molecule has 1 aromatic heterocycles. The van der Waals surface area contributed by atoms with Gasteiger partial charge in [-0.15, -0.1) is 0 Å². The molecule has 21 heavy (non-hydrogen) atoms. The molecule has 0 spiro atoms. The third-order valence-electron chi connectivity index (χ3n) is 4.66. The molecule has 2 rings (SSSR count). The Morgan fingerprint density at radius 3 is 2.62 bits per heavy atom. The molecule has 2 atom stereocenters. The summed E-state index contributed by atoms with van der Waals surface area (Å²) in [6.07, 6.45) is 6.21. The Kier molecular flexibility index (Phi) is 5.39. The molecule has 1 aliphatic rings. The third-order valence-corrected chi connectivity index (χ3v) is 4.66. The molecular formula is C16H28N4O. The van der Waals surface area contributed by atoms with Crippen molar-refractivity contribution in [2.45, 2.75) is 52.6 Å². The minimum absolute atomic E-state index is 0.206. The molecule has 2 heterocycles. The first-order valence-corrected chi connectivity index (χ1v) is 7.97. The van der Waals surface area contributed by atoms with Gasteiger partial charge < -0.3 is 10.2 Å². The summed E-state index contributed by atoms with van der Waals surface area (Å²) in [5.74, 6) is 0.882. The number of nitrogens with zero attached hydrogens (tertiary/aromatic N) is 3. The number of likely N-dealkylation sites (tertiary alicyclic amines) is 1. The first-order chi connectivity index (χ1) is 9.97. The van der Waals surface area contributed by atoms with Gasteiger partial charge in [0.15, 0.2) is 0 Å². The number of aromatic nitrogens is 2. The van der Waals surface area contributed by atoms with Crippen molar-refractivity contribution in [2.24, 2.45) is 5.92 Å². The number of rotatable bonds is 5. The lowest BCUT2D eigenvalue weighted by Crippen LogP contribution is -2.42. The van der Waals surface area contributed by atoms with Crippen molar-refractivity contribution in [3.8, 4) is 0 Å². The topological polar surface area (TPSA) is 50.2 Å². The number of amides is 1. The zero-order valence-electron chi connectivity index (χ0n) is 13.7. The third kappa shape index (κ3) is 4.30. The van der Waals surface area contributed by atoms with Crippen LogP contribution in [0.1, 0.15) is 45.2 Å². The standard InChI is InChI=1S/C16H28N4O/c1-12-9-18-20(11-12)14(3)13(2)17-10-16-5-7-19(8-6-16)15(4)21/h9,11,13-14,16-17H,5-8,10H2,1-4H3. The maximum absolute atomic E-state index is 11.3. The van der Waals surface area contributed by atoms with Crippen LogP contribution in [0.2, 0.25) is 0 Å². The zero-order valence-corrected chi connectivity index (χ0v) is 13.7. The minimum atomic E-state index is 0.206. The zero-order chi connectivity index (χ0) is 15.4. The first-order valence-electron chi connectivity index (χ1n) is 7.97. The van der Waals surface area contributed by atoms with Gasteiger partial charge in [-0.05, 0) is 51.6 Å². The molecule has 1 fully saturated rings. The van der Waals surface area contributed by atoms with Crippen molar-refractivity contribution in [3.63, 3.8) is 0 Å². The second-order valence-corrected chi connectivity index (χ2v) is 6.38. The minimum Gasteiger partial charge on any atom is -0.343 e. The molecule has 2 unspecified atom stereocenters. The van der Waals surface area contributed by atoms with E-state index in [1.165, 1.54) is 5.56 Å². The fraction of sp³-hybridized carbons (Fsp3) is 0.750. The van der Waals surface area contributed by atoms with Gasteiger partial charge in [0.05, 0.1) is 12.2 Å². The highest BCUT2D eigenvalue weighted by molar-refractivity contribution is 5.73. The lowest BCUT2D eigenvalue weighted by atomic mass is 9.96. The maximum Gasteiger partial charge on any atom is 0.219 e. The number of carbonyl (C=O) groups is 1. The van der Waals surface area contributed by atoms with Crippen molar-refractivity contribution >= 4 is 5.91 Å². The highest BCUT2D eigenvalue weighted by Crippen LogP contribution is 2.18. The van der Waals surface area contributed by atoms with Gasteiger partial charge in [0.1, 0.15) is 0 Å². The van der Waals surface area contributed by atoms with Crippen LogP contribution in [0.3, 0.4) is 0 Å². The molecule has 0 aliphatic carbocycles. The van der Waals surface area contributed by atoms with Crippen molar-refractivity contribution in [3.05, 3.63) is 18.0 Å². The molecule has 5 heteroatoms. The van der Waals surface area contributed by atoms with E-state index >= 15 is 0 Å². The Balaban J connectivity index is 1.74. The first kappa shape index (κ1) is 16.0. The average Bonchev–Trinajstić information content (AvgIpc) is 2.91. The highest BCUT2D eigenvalue weighted by Gasteiger charge is 2.22. The van der Waals surface area contributed by atoms with Crippen LogP contribution in [0.5, 0.6) is 0 Å². The van der Waals surface area contributed by atoms with Gasteiger partial charge in [0.25, 0.3) is 0 Å². The van der Waals surface area contributed by atoms with E-state index in [0.29, 0.717) is 18.0 Å². The molecule has 1 aromatic rings. The predicted molar refractivity (Wildman–Crippen MR) is 84.1 cm³/mol. The Hall–Kier alpha value is -1.36. The van der Waals surface area contributed by atoms with E-state index in [1.807, 2.05) is 15.8 Å². The predicted octanol–water partition coefficient (Wildman–Crippen LogP) is 1.99. The molecule has 0 bridgehead atoms. The fourth-order valence-electron chi connectivity index (χ4n) is 2.86. The van der Waals surface area contributed by atoms with E-state index in [0.717, 1.165) is 32.5 Å². The van der Waals surface area contributed by atoms with Gasteiger partial charge in [0, 0.05) is 32.3 Å². The van der Waals surface area contributed by atoms with Crippen LogP contribution in [0, 0.1) is 12.8 Å². The normalized spacial score (nSPS) is 19.5. The Labute approximate surface area is 127 Å². The Morgan fingerprint density at radius 2 is 2.10 bits per heavy atom. The van der Waals surface area contributed by atoms with Crippen LogP contribution in [-0.2, 0) is 4.79 Å². The van der Waals surface area contributed by atoms with Crippen LogP contribution >= 0.6 is 0 Å². The lowest BCUT2D eigenvalue weighted by Gasteiger charge is -2.32. The summed E-state index contributed by atoms with van der Waals surface area (Å²) in [7, 11) is 0. The summed E-state index contributed by atoms with van der Waals surface area (Å²) >= 11 is 0. The fourth-order valence-corrected chi connectivity index (χ4v) is 2.86. The second kappa shape index (κ2) is 7.07. The summed E-state index contributed by atoms with van der Waals surface area (Å²) in [6.45, 7) is 11.0. The molecule has 1 N–H and O–H groups in total. The lowest BCUT2D eigenvalue weighted by molar-refractivity contribution is -0.130. The van der Waals surface area contributed by atoms with Crippen LogP contribution in [0.15, 0.2) is 12.4 Å². The quantitative estimate of drug-likeness (QED) is 0.903. The highest BCUT2D eigenvalue weighted by atomic mass is 16.2. The van der Waals surface area contributed by atoms with Crippen molar-refractivity contribution < 1.29 is 4.79 Å². The number of carbonyl (C=O) groups excluding carboxylic acids is 1. The molecule has 1 saturated heterocycles. The van der Waals surface area contributed by atoms with E-state index in [4.69, 9.17) is 0 Å². The second-order valence-electron chi connectivity index (χ2n) is 6.38. The van der Waals surface area contributed by atoms with Crippen LogP contribution in [-0.4, -0.2) is 46.3 Å². The SMILES string of the molecule is CC(=O)N1CCC(CNC(C)C(C)n2cc(C)cn2)CC1. The van der Waals surface area contributed by atoms with Gasteiger partial charge >= 0.3 is 0 Å². The molecule has 1 aliphatic heterocycles. The number of aryl methyl sites for hydroxylation is 1. The smallest absolute Gasteiger partial charge is 0.219 e. The maximum atomic E-state index is 11.3. The van der Waals surface area contributed by atoms with E-state index < -0.39 is 0 Å². The number of hydrogen-bond donors (Lipinski definition) is 1. The van der Waals surface area contributed by atoms with Crippen LogP contribution in [0.25, 0.3) is 0 Å². The molecule has 0 radical (unpaired) electrons. The van der Waals surface area contributed by atoms with E-state index in [-0.39, 0.29) is 5.91 Å². The summed E-state index contributed by atoms with van der Waals surface area (Å²) in [5.41, 5.74) is 1.20. The summed E-state index contributed by atoms with van der Waals surface area (Å²) in [4.78, 5) is 13.3. The average molecular weight is 292 g/mol. The molecule has 118 valence electrons. The summed E-state index contributed by atoms with van der Waals surface area (Å²) in [5, 5.41) is 8.03. The van der Waals surface area contributed by atoms with Gasteiger partial charge in [0.2, 0.25) is 5.91 Å².